The molecule has 1 aliphatic rings. The van der Waals surface area contributed by atoms with Gasteiger partial charge in [-0.05, 0) is 97.9 Å². The van der Waals surface area contributed by atoms with Crippen molar-refractivity contribution in [3.63, 3.8) is 0 Å². The lowest BCUT2D eigenvalue weighted by Gasteiger charge is -2.00. The molecule has 1 fully saturated rings. The van der Waals surface area contributed by atoms with Crippen molar-refractivity contribution in [3.05, 3.63) is 70.3 Å². The third-order valence-electron chi connectivity index (χ3n) is 4.80. The summed E-state index contributed by atoms with van der Waals surface area (Å²) in [4.78, 5) is 22.2. The minimum atomic E-state index is -0.185. The number of aliphatic imine (C=N–C) groups is 1. The van der Waals surface area contributed by atoms with Crippen LogP contribution in [0, 0.1) is 13.8 Å². The van der Waals surface area contributed by atoms with Crippen LogP contribution in [-0.4, -0.2) is 22.7 Å². The zero-order valence-corrected chi connectivity index (χ0v) is 21.2. The van der Waals surface area contributed by atoms with Gasteiger partial charge in [0.15, 0.2) is 14.6 Å². The number of ether oxygens (including phenoxy) is 1. The highest BCUT2D eigenvalue weighted by Gasteiger charge is 2.24. The number of carbonyl (C=O) groups is 1. The Morgan fingerprint density at radius 3 is 2.76 bits per heavy atom. The monoisotopic (exact) mass is 507 g/mol. The Hall–Kier alpha value is -3.01. The number of amides is 1. The Morgan fingerprint density at radius 1 is 1.15 bits per heavy atom. The number of nitrogens with zero attached hydrogens (tertiary/aromatic N) is 2. The number of rotatable bonds is 6. The fraction of sp³-hybridized carbons (Fsp3) is 0.160. The van der Waals surface area contributed by atoms with Crippen LogP contribution in [0.2, 0.25) is 0 Å². The van der Waals surface area contributed by atoms with E-state index in [2.05, 4.69) is 21.4 Å². The zero-order valence-electron chi connectivity index (χ0n) is 18.7. The number of carbonyl (C=O) groups excluding carboxylic acids is 1. The molecule has 0 aliphatic carbocycles. The first-order valence-corrected chi connectivity index (χ1v) is 13.1. The summed E-state index contributed by atoms with van der Waals surface area (Å²) in [6.45, 7) is 6.66. The van der Waals surface area contributed by atoms with E-state index >= 15 is 0 Å². The predicted molar refractivity (Wildman–Crippen MR) is 140 cm³/mol. The van der Waals surface area contributed by atoms with E-state index in [1.165, 1.54) is 23.5 Å². The summed E-state index contributed by atoms with van der Waals surface area (Å²) >= 11 is 4.35. The molecule has 1 N–H and O–H groups in total. The molecule has 0 saturated carbocycles. The van der Waals surface area contributed by atoms with E-state index in [4.69, 9.17) is 9.15 Å². The van der Waals surface area contributed by atoms with Crippen molar-refractivity contribution in [1.82, 2.24) is 10.3 Å². The molecule has 5 rings (SSSR count). The molecule has 6 nitrogen and oxygen atoms in total. The van der Waals surface area contributed by atoms with Gasteiger partial charge in [0.2, 0.25) is 0 Å². The first-order valence-electron chi connectivity index (χ1n) is 10.6. The highest BCUT2D eigenvalue weighted by atomic mass is 32.2. The summed E-state index contributed by atoms with van der Waals surface area (Å²) in [5.41, 5.74) is 4.02. The molecule has 172 valence electrons. The minimum Gasteiger partial charge on any atom is -0.494 e. The van der Waals surface area contributed by atoms with Crippen LogP contribution in [0.15, 0.2) is 72.3 Å². The Balaban J connectivity index is 1.30. The van der Waals surface area contributed by atoms with E-state index < -0.39 is 0 Å². The van der Waals surface area contributed by atoms with Crippen molar-refractivity contribution in [2.45, 2.75) is 30.2 Å². The van der Waals surface area contributed by atoms with Gasteiger partial charge in [0, 0.05) is 6.08 Å². The summed E-state index contributed by atoms with van der Waals surface area (Å²) in [7, 11) is 0. The van der Waals surface area contributed by atoms with Gasteiger partial charge in [-0.3, -0.25) is 4.79 Å². The maximum Gasteiger partial charge on any atom is 0.264 e. The lowest BCUT2D eigenvalue weighted by Crippen LogP contribution is -2.19. The van der Waals surface area contributed by atoms with Gasteiger partial charge in [0.05, 0.1) is 27.4 Å². The number of benzene rings is 2. The molecular formula is C25H21N3O3S3. The second-order valence-corrected chi connectivity index (χ2v) is 10.9. The van der Waals surface area contributed by atoms with Gasteiger partial charge in [-0.1, -0.05) is 6.07 Å². The standard InChI is InChI=1S/C25H21N3O3S3/c1-4-30-17-5-7-19-20(12-17)33-25(27-19)34-22-8-6-18(31-22)13-21-23(29)28-24(32-21)26-16-10-14(2)9-15(3)11-16/h5-13H,4H2,1-3H3,(H,26,28,29)/b21-13-. The van der Waals surface area contributed by atoms with E-state index in [0.29, 0.717) is 27.5 Å². The third-order valence-corrected chi connectivity index (χ3v) is 7.71. The highest BCUT2D eigenvalue weighted by molar-refractivity contribution is 8.18. The Labute approximate surface area is 209 Å². The van der Waals surface area contributed by atoms with Crippen molar-refractivity contribution in [3.8, 4) is 5.75 Å². The molecule has 0 spiro atoms. The number of thioether (sulfide) groups is 1. The van der Waals surface area contributed by atoms with E-state index in [1.807, 2.05) is 63.2 Å². The molecule has 1 aliphatic heterocycles. The smallest absolute Gasteiger partial charge is 0.264 e. The van der Waals surface area contributed by atoms with E-state index in [0.717, 1.165) is 37.1 Å². The molecule has 0 radical (unpaired) electrons. The average Bonchev–Trinajstić information content (AvgIpc) is 3.47. The van der Waals surface area contributed by atoms with Crippen LogP contribution in [-0.2, 0) is 4.79 Å². The average molecular weight is 508 g/mol. The second-order valence-electron chi connectivity index (χ2n) is 7.63. The molecule has 2 aromatic carbocycles. The Morgan fingerprint density at radius 2 is 1.97 bits per heavy atom. The van der Waals surface area contributed by atoms with Crippen LogP contribution >= 0.6 is 34.9 Å². The quantitative estimate of drug-likeness (QED) is 0.285. The normalized spacial score (nSPS) is 16.0. The van der Waals surface area contributed by atoms with Crippen molar-refractivity contribution >= 4 is 67.9 Å². The molecule has 0 bridgehead atoms. The largest absolute Gasteiger partial charge is 0.494 e. The molecule has 1 saturated heterocycles. The van der Waals surface area contributed by atoms with Gasteiger partial charge in [-0.15, -0.1) is 11.3 Å². The van der Waals surface area contributed by atoms with Crippen LogP contribution < -0.4 is 10.1 Å². The molecule has 0 atom stereocenters. The number of furan rings is 1. The molecule has 34 heavy (non-hydrogen) atoms. The summed E-state index contributed by atoms with van der Waals surface area (Å²) in [6.07, 6.45) is 1.74. The van der Waals surface area contributed by atoms with Crippen LogP contribution in [0.4, 0.5) is 5.69 Å². The first-order chi connectivity index (χ1) is 16.4. The van der Waals surface area contributed by atoms with Crippen LogP contribution in [0.25, 0.3) is 16.3 Å². The number of amidine groups is 1. The van der Waals surface area contributed by atoms with Gasteiger partial charge in [0.25, 0.3) is 5.91 Å². The number of fused-ring (bicyclic) bond motifs is 1. The maximum atomic E-state index is 12.4. The molecule has 4 aromatic rings. The zero-order chi connectivity index (χ0) is 23.7. The predicted octanol–water partition coefficient (Wildman–Crippen LogP) is 6.95. The molecule has 0 unspecified atom stereocenters. The molecule has 9 heteroatoms. The van der Waals surface area contributed by atoms with Crippen molar-refractivity contribution in [2.24, 2.45) is 4.99 Å². The SMILES string of the molecule is CCOc1ccc2nc(Sc3ccc(/C=C4\SC(=Nc5cc(C)cc(C)c5)NC4=O)o3)sc2c1. The summed E-state index contributed by atoms with van der Waals surface area (Å²) in [5.74, 6) is 1.26. The van der Waals surface area contributed by atoms with Crippen molar-refractivity contribution in [2.75, 3.05) is 6.61 Å². The summed E-state index contributed by atoms with van der Waals surface area (Å²) in [6, 6.07) is 15.7. The van der Waals surface area contributed by atoms with Gasteiger partial charge in [0.1, 0.15) is 11.5 Å². The number of aryl methyl sites for hydroxylation is 2. The third kappa shape index (κ3) is 5.22. The molecule has 2 aromatic heterocycles. The van der Waals surface area contributed by atoms with Crippen LogP contribution in [0.3, 0.4) is 0 Å². The number of thiazole rings is 1. The second kappa shape index (κ2) is 9.69. The van der Waals surface area contributed by atoms with Gasteiger partial charge in [-0.25, -0.2) is 9.98 Å². The summed E-state index contributed by atoms with van der Waals surface area (Å²) in [5, 5.41) is 4.10. The number of hydrogen-bond donors (Lipinski definition) is 1. The van der Waals surface area contributed by atoms with Gasteiger partial charge < -0.3 is 14.5 Å². The summed E-state index contributed by atoms with van der Waals surface area (Å²) < 4.78 is 13.5. The van der Waals surface area contributed by atoms with E-state index in [1.54, 1.807) is 17.4 Å². The minimum absolute atomic E-state index is 0.185. The highest BCUT2D eigenvalue weighted by Crippen LogP contribution is 2.37. The fourth-order valence-corrected chi connectivity index (χ4v) is 6.30. The number of nitrogens with one attached hydrogen (secondary N) is 1. The Bertz CT molecular complexity index is 1430. The van der Waals surface area contributed by atoms with Crippen LogP contribution in [0.5, 0.6) is 5.75 Å². The van der Waals surface area contributed by atoms with E-state index in [9.17, 15) is 4.79 Å². The van der Waals surface area contributed by atoms with Crippen molar-refractivity contribution < 1.29 is 13.9 Å². The molecule has 1 amide bonds. The lowest BCUT2D eigenvalue weighted by atomic mass is 10.1. The van der Waals surface area contributed by atoms with E-state index in [-0.39, 0.29) is 5.91 Å². The Kier molecular flexibility index (Phi) is 6.49. The maximum absolute atomic E-state index is 12.4. The van der Waals surface area contributed by atoms with Crippen molar-refractivity contribution in [1.29, 1.82) is 0 Å². The molecule has 3 heterocycles. The number of aromatic nitrogens is 1. The van der Waals surface area contributed by atoms with Gasteiger partial charge >= 0.3 is 0 Å². The lowest BCUT2D eigenvalue weighted by molar-refractivity contribution is -0.115. The molecular weight excluding hydrogens is 486 g/mol. The fourth-order valence-electron chi connectivity index (χ4n) is 3.48. The van der Waals surface area contributed by atoms with Crippen LogP contribution in [0.1, 0.15) is 23.8 Å². The number of hydrogen-bond acceptors (Lipinski definition) is 8. The van der Waals surface area contributed by atoms with Gasteiger partial charge in [-0.2, -0.15) is 0 Å². The topological polar surface area (TPSA) is 76.7 Å². The first kappa shape index (κ1) is 22.8.